The first kappa shape index (κ1) is 22.6. The molecule has 0 spiro atoms. The Labute approximate surface area is 193 Å². The quantitative estimate of drug-likeness (QED) is 0.459. The highest BCUT2D eigenvalue weighted by Crippen LogP contribution is 2.36. The van der Waals surface area contributed by atoms with Gasteiger partial charge in [-0.15, -0.1) is 10.2 Å². The van der Waals surface area contributed by atoms with Crippen molar-refractivity contribution < 1.29 is 9.53 Å². The summed E-state index contributed by atoms with van der Waals surface area (Å²) in [6, 6.07) is 8.21. The maximum atomic E-state index is 13.3. The van der Waals surface area contributed by atoms with Crippen molar-refractivity contribution in [2.45, 2.75) is 68.0 Å². The molecule has 0 unspecified atom stereocenters. The lowest BCUT2D eigenvalue weighted by atomic mass is 9.73. The molecule has 0 bridgehead atoms. The Hall–Kier alpha value is -1.57. The van der Waals surface area contributed by atoms with Crippen LogP contribution < -0.4 is 5.32 Å². The van der Waals surface area contributed by atoms with Crippen molar-refractivity contribution in [3.8, 4) is 0 Å². The number of nitrogens with one attached hydrogen (secondary N) is 1. The van der Waals surface area contributed by atoms with Crippen molar-refractivity contribution in [2.75, 3.05) is 26.0 Å². The molecule has 1 aliphatic heterocycles. The zero-order valence-corrected chi connectivity index (χ0v) is 19.7. The molecule has 0 radical (unpaired) electrons. The molecule has 4 rings (SSSR count). The number of hydrogen-bond acceptors (Lipinski definition) is 5. The predicted octanol–water partition coefficient (Wildman–Crippen LogP) is 4.57. The van der Waals surface area contributed by atoms with E-state index in [-0.39, 0.29) is 5.91 Å². The standard InChI is InChI=1S/C23H31ClN4O2S/c1-31-22-27-26-20(28(22)19-8-2-3-9-19)10-5-13-25-21(29)23(11-14-30-15-12-23)17-6-4-7-18(24)16-17/h4,6-7,16,19H,2-3,5,8-15H2,1H3,(H,25,29). The minimum absolute atomic E-state index is 0.0696. The number of aryl methyl sites for hydroxylation is 1. The zero-order valence-electron chi connectivity index (χ0n) is 18.1. The largest absolute Gasteiger partial charge is 0.381 e. The van der Waals surface area contributed by atoms with Crippen molar-refractivity contribution in [1.82, 2.24) is 20.1 Å². The Kier molecular flexibility index (Phi) is 7.56. The highest BCUT2D eigenvalue weighted by atomic mass is 35.5. The van der Waals surface area contributed by atoms with Crippen LogP contribution in [-0.4, -0.2) is 46.7 Å². The number of aromatic nitrogens is 3. The second-order valence-corrected chi connectivity index (χ2v) is 9.69. The van der Waals surface area contributed by atoms with Crippen molar-refractivity contribution in [2.24, 2.45) is 0 Å². The number of halogens is 1. The maximum absolute atomic E-state index is 13.3. The van der Waals surface area contributed by atoms with E-state index in [9.17, 15) is 4.79 Å². The first-order valence-electron chi connectivity index (χ1n) is 11.2. The minimum atomic E-state index is -0.570. The highest BCUT2D eigenvalue weighted by molar-refractivity contribution is 7.98. The molecule has 1 N–H and O–H groups in total. The third-order valence-corrected chi connectivity index (χ3v) is 7.51. The van der Waals surface area contributed by atoms with Crippen molar-refractivity contribution in [3.63, 3.8) is 0 Å². The SMILES string of the molecule is CSc1nnc(CCCNC(=O)C2(c3cccc(Cl)c3)CCOCC2)n1C1CCCC1. The van der Waals surface area contributed by atoms with Crippen LogP contribution in [0.25, 0.3) is 0 Å². The van der Waals surface area contributed by atoms with Gasteiger partial charge in [-0.1, -0.05) is 48.3 Å². The van der Waals surface area contributed by atoms with Gasteiger partial charge in [-0.2, -0.15) is 0 Å². The van der Waals surface area contributed by atoms with E-state index in [1.54, 1.807) is 11.8 Å². The highest BCUT2D eigenvalue weighted by Gasteiger charge is 2.41. The van der Waals surface area contributed by atoms with Crippen LogP contribution in [0.15, 0.2) is 29.4 Å². The Morgan fingerprint density at radius 3 is 2.77 bits per heavy atom. The lowest BCUT2D eigenvalue weighted by Crippen LogP contribution is -2.48. The molecule has 8 heteroatoms. The molecule has 1 amide bonds. The fourth-order valence-corrected chi connectivity index (χ4v) is 5.68. The first-order chi connectivity index (χ1) is 15.1. The molecule has 1 saturated heterocycles. The topological polar surface area (TPSA) is 69.0 Å². The van der Waals surface area contributed by atoms with Gasteiger partial charge >= 0.3 is 0 Å². The molecular weight excluding hydrogens is 432 g/mol. The second-order valence-electron chi connectivity index (χ2n) is 8.48. The molecule has 1 aliphatic carbocycles. The third kappa shape index (κ3) is 4.94. The number of benzene rings is 1. The van der Waals surface area contributed by atoms with Gasteiger partial charge in [0.25, 0.3) is 0 Å². The van der Waals surface area contributed by atoms with Crippen molar-refractivity contribution >= 4 is 29.3 Å². The molecule has 1 saturated carbocycles. The van der Waals surface area contributed by atoms with E-state index in [0.717, 1.165) is 29.4 Å². The van der Waals surface area contributed by atoms with E-state index in [4.69, 9.17) is 16.3 Å². The van der Waals surface area contributed by atoms with Crippen molar-refractivity contribution in [1.29, 1.82) is 0 Å². The third-order valence-electron chi connectivity index (χ3n) is 6.63. The summed E-state index contributed by atoms with van der Waals surface area (Å²) in [6.45, 7) is 1.79. The first-order valence-corrected chi connectivity index (χ1v) is 12.8. The molecule has 2 aliphatic rings. The number of amides is 1. The van der Waals surface area contributed by atoms with Gasteiger partial charge in [0.05, 0.1) is 5.41 Å². The van der Waals surface area contributed by atoms with Crippen LogP contribution >= 0.6 is 23.4 Å². The van der Waals surface area contributed by atoms with Crippen LogP contribution in [0.3, 0.4) is 0 Å². The van der Waals surface area contributed by atoms with E-state index in [1.165, 1.54) is 25.7 Å². The van der Waals surface area contributed by atoms with E-state index < -0.39 is 5.41 Å². The van der Waals surface area contributed by atoms with Gasteiger partial charge in [0.1, 0.15) is 5.82 Å². The van der Waals surface area contributed by atoms with Crippen LogP contribution in [0, 0.1) is 0 Å². The molecule has 0 atom stereocenters. The van der Waals surface area contributed by atoms with Crippen LogP contribution in [0.4, 0.5) is 0 Å². The fourth-order valence-electron chi connectivity index (χ4n) is 4.92. The molecule has 1 aromatic carbocycles. The van der Waals surface area contributed by atoms with Gasteiger partial charge in [0, 0.05) is 37.2 Å². The summed E-state index contributed by atoms with van der Waals surface area (Å²) in [4.78, 5) is 13.3. The summed E-state index contributed by atoms with van der Waals surface area (Å²) in [5.74, 6) is 1.11. The van der Waals surface area contributed by atoms with Crippen LogP contribution in [0.2, 0.25) is 5.02 Å². The molecule has 31 heavy (non-hydrogen) atoms. The number of carbonyl (C=O) groups is 1. The Bertz CT molecular complexity index is 891. The number of carbonyl (C=O) groups excluding carboxylic acids is 1. The summed E-state index contributed by atoms with van der Waals surface area (Å²) in [5, 5.41) is 13.7. The van der Waals surface area contributed by atoms with Gasteiger partial charge in [-0.3, -0.25) is 4.79 Å². The second kappa shape index (κ2) is 10.4. The van der Waals surface area contributed by atoms with Gasteiger partial charge in [0.2, 0.25) is 5.91 Å². The molecule has 2 fully saturated rings. The number of rotatable bonds is 8. The van der Waals surface area contributed by atoms with E-state index in [1.807, 2.05) is 24.3 Å². The predicted molar refractivity (Wildman–Crippen MR) is 124 cm³/mol. The average molecular weight is 463 g/mol. The molecule has 1 aromatic heterocycles. The van der Waals surface area contributed by atoms with Gasteiger partial charge < -0.3 is 14.6 Å². The van der Waals surface area contributed by atoms with Crippen LogP contribution in [-0.2, 0) is 21.4 Å². The molecular formula is C23H31ClN4O2S. The summed E-state index contributed by atoms with van der Waals surface area (Å²) < 4.78 is 7.89. The van der Waals surface area contributed by atoms with E-state index in [0.29, 0.717) is 43.7 Å². The van der Waals surface area contributed by atoms with Crippen LogP contribution in [0.1, 0.15) is 62.4 Å². The summed E-state index contributed by atoms with van der Waals surface area (Å²) in [6.07, 6.45) is 10.0. The Morgan fingerprint density at radius 1 is 1.29 bits per heavy atom. The van der Waals surface area contributed by atoms with Crippen LogP contribution in [0.5, 0.6) is 0 Å². The maximum Gasteiger partial charge on any atom is 0.230 e. The van der Waals surface area contributed by atoms with E-state index >= 15 is 0 Å². The van der Waals surface area contributed by atoms with Gasteiger partial charge in [-0.25, -0.2) is 0 Å². The average Bonchev–Trinajstić information content (AvgIpc) is 3.46. The fraction of sp³-hybridized carbons (Fsp3) is 0.609. The summed E-state index contributed by atoms with van der Waals surface area (Å²) in [5.41, 5.74) is 0.408. The summed E-state index contributed by atoms with van der Waals surface area (Å²) >= 11 is 7.89. The summed E-state index contributed by atoms with van der Waals surface area (Å²) in [7, 11) is 0. The zero-order chi connectivity index (χ0) is 21.7. The van der Waals surface area contributed by atoms with Gasteiger partial charge in [-0.05, 0) is 56.1 Å². The number of hydrogen-bond donors (Lipinski definition) is 1. The lowest BCUT2D eigenvalue weighted by Gasteiger charge is -2.36. The Balaban J connectivity index is 1.39. The number of ether oxygens (including phenoxy) is 1. The lowest BCUT2D eigenvalue weighted by molar-refractivity contribution is -0.130. The molecule has 2 aromatic rings. The monoisotopic (exact) mass is 462 g/mol. The van der Waals surface area contributed by atoms with E-state index in [2.05, 4.69) is 26.3 Å². The number of nitrogens with zero attached hydrogens (tertiary/aromatic N) is 3. The molecule has 6 nitrogen and oxygen atoms in total. The van der Waals surface area contributed by atoms with Crippen molar-refractivity contribution in [3.05, 3.63) is 40.7 Å². The minimum Gasteiger partial charge on any atom is -0.381 e. The normalized spacial score (nSPS) is 18.9. The smallest absolute Gasteiger partial charge is 0.230 e. The van der Waals surface area contributed by atoms with Gasteiger partial charge in [0.15, 0.2) is 5.16 Å². The Morgan fingerprint density at radius 2 is 2.06 bits per heavy atom. The number of thioether (sulfide) groups is 1. The molecule has 2 heterocycles. The molecule has 168 valence electrons.